The van der Waals surface area contributed by atoms with E-state index in [-0.39, 0.29) is 0 Å². The minimum atomic E-state index is 0.438. The molecule has 0 spiro atoms. The quantitative estimate of drug-likeness (QED) is 0.844. The van der Waals surface area contributed by atoms with Crippen molar-refractivity contribution in [1.82, 2.24) is 10.2 Å². The van der Waals surface area contributed by atoms with E-state index in [1.165, 1.54) is 37.8 Å². The van der Waals surface area contributed by atoms with Gasteiger partial charge in [0.1, 0.15) is 0 Å². The fourth-order valence-electron chi connectivity index (χ4n) is 3.64. The first-order valence-corrected chi connectivity index (χ1v) is 8.32. The molecule has 1 heterocycles. The molecular weight excluding hydrogens is 244 g/mol. The molecule has 1 fully saturated rings. The normalized spacial score (nSPS) is 23.4. The van der Waals surface area contributed by atoms with Crippen molar-refractivity contribution < 1.29 is 0 Å². The fourth-order valence-corrected chi connectivity index (χ4v) is 3.64. The largest absolute Gasteiger partial charge is 0.309 e. The third-order valence-electron chi connectivity index (χ3n) is 4.73. The Morgan fingerprint density at radius 1 is 1.20 bits per heavy atom. The molecule has 0 aliphatic carbocycles. The van der Waals surface area contributed by atoms with E-state index in [4.69, 9.17) is 0 Å². The lowest BCUT2D eigenvalue weighted by Crippen LogP contribution is -2.50. The minimum Gasteiger partial charge on any atom is -0.309 e. The Morgan fingerprint density at radius 3 is 2.60 bits per heavy atom. The highest BCUT2D eigenvalue weighted by atomic mass is 15.2. The average molecular weight is 274 g/mol. The second-order valence-corrected chi connectivity index (χ2v) is 5.98. The highest BCUT2D eigenvalue weighted by Gasteiger charge is 2.30. The second kappa shape index (κ2) is 7.80. The van der Waals surface area contributed by atoms with Crippen molar-refractivity contribution in [3.8, 4) is 0 Å². The molecule has 0 saturated carbocycles. The van der Waals surface area contributed by atoms with Gasteiger partial charge in [0.15, 0.2) is 0 Å². The summed E-state index contributed by atoms with van der Waals surface area (Å²) in [6.45, 7) is 9.22. The van der Waals surface area contributed by atoms with Gasteiger partial charge in [-0.15, -0.1) is 0 Å². The van der Waals surface area contributed by atoms with E-state index in [1.54, 1.807) is 0 Å². The molecule has 1 aromatic rings. The zero-order valence-electron chi connectivity index (χ0n) is 13.3. The van der Waals surface area contributed by atoms with E-state index < -0.39 is 0 Å². The number of likely N-dealkylation sites (N-methyl/N-ethyl adjacent to an activating group) is 1. The van der Waals surface area contributed by atoms with Crippen LogP contribution in [0.2, 0.25) is 0 Å². The zero-order valence-corrected chi connectivity index (χ0v) is 13.3. The molecule has 0 bridgehead atoms. The number of piperidine rings is 1. The molecule has 2 heteroatoms. The Morgan fingerprint density at radius 2 is 1.95 bits per heavy atom. The average Bonchev–Trinajstić information content (AvgIpc) is 2.52. The van der Waals surface area contributed by atoms with Gasteiger partial charge < -0.3 is 5.32 Å². The maximum Gasteiger partial charge on any atom is 0.0475 e. The summed E-state index contributed by atoms with van der Waals surface area (Å²) in [6.07, 6.45) is 5.40. The standard InChI is InChI=1S/C18H30N2/c1-4-17-13-9-10-14-20(17)15(3)18(19-5-2)16-11-7-6-8-12-16/h6-8,11-12,15,17-19H,4-5,9-10,13-14H2,1-3H3. The van der Waals surface area contributed by atoms with E-state index in [0.29, 0.717) is 12.1 Å². The molecule has 1 N–H and O–H groups in total. The van der Waals surface area contributed by atoms with E-state index in [9.17, 15) is 0 Å². The van der Waals surface area contributed by atoms with E-state index in [1.807, 2.05) is 0 Å². The van der Waals surface area contributed by atoms with Crippen LogP contribution >= 0.6 is 0 Å². The van der Waals surface area contributed by atoms with Crippen LogP contribution < -0.4 is 5.32 Å². The summed E-state index contributed by atoms with van der Waals surface area (Å²) < 4.78 is 0. The maximum absolute atomic E-state index is 3.70. The lowest BCUT2D eigenvalue weighted by atomic mass is 9.93. The summed E-state index contributed by atoms with van der Waals surface area (Å²) in [5.74, 6) is 0. The van der Waals surface area contributed by atoms with Crippen LogP contribution in [0, 0.1) is 0 Å². The first-order chi connectivity index (χ1) is 9.77. The molecule has 3 unspecified atom stereocenters. The van der Waals surface area contributed by atoms with Crippen LogP contribution in [0.4, 0.5) is 0 Å². The maximum atomic E-state index is 3.70. The number of hydrogen-bond acceptors (Lipinski definition) is 2. The Hall–Kier alpha value is -0.860. The van der Waals surface area contributed by atoms with Crippen LogP contribution in [-0.2, 0) is 0 Å². The topological polar surface area (TPSA) is 15.3 Å². The van der Waals surface area contributed by atoms with Crippen molar-refractivity contribution in [3.63, 3.8) is 0 Å². The summed E-state index contributed by atoms with van der Waals surface area (Å²) in [7, 11) is 0. The molecule has 1 aliphatic rings. The number of rotatable bonds is 6. The molecule has 112 valence electrons. The summed E-state index contributed by atoms with van der Waals surface area (Å²) in [5, 5.41) is 3.70. The molecule has 1 aliphatic heterocycles. The number of likely N-dealkylation sites (tertiary alicyclic amines) is 1. The Labute approximate surface area is 124 Å². The van der Waals surface area contributed by atoms with Crippen LogP contribution in [0.3, 0.4) is 0 Å². The SMILES string of the molecule is CCNC(c1ccccc1)C(C)N1CCCCC1CC. The summed E-state index contributed by atoms with van der Waals surface area (Å²) in [5.41, 5.74) is 1.42. The molecule has 0 radical (unpaired) electrons. The van der Waals surface area contributed by atoms with Crippen LogP contribution in [0.15, 0.2) is 30.3 Å². The molecule has 0 aromatic heterocycles. The van der Waals surface area contributed by atoms with Gasteiger partial charge in [0, 0.05) is 18.1 Å². The molecule has 3 atom stereocenters. The summed E-state index contributed by atoms with van der Waals surface area (Å²) in [6, 6.07) is 12.7. The first kappa shape index (κ1) is 15.5. The van der Waals surface area contributed by atoms with Crippen LogP contribution in [0.5, 0.6) is 0 Å². The van der Waals surface area contributed by atoms with Crippen LogP contribution in [0.25, 0.3) is 0 Å². The van der Waals surface area contributed by atoms with Gasteiger partial charge in [0.25, 0.3) is 0 Å². The predicted molar refractivity (Wildman–Crippen MR) is 87.0 cm³/mol. The van der Waals surface area contributed by atoms with Gasteiger partial charge in [-0.05, 0) is 44.8 Å². The summed E-state index contributed by atoms with van der Waals surface area (Å²) >= 11 is 0. The van der Waals surface area contributed by atoms with Gasteiger partial charge in [-0.25, -0.2) is 0 Å². The highest BCUT2D eigenvalue weighted by Crippen LogP contribution is 2.28. The van der Waals surface area contributed by atoms with Gasteiger partial charge >= 0.3 is 0 Å². The highest BCUT2D eigenvalue weighted by molar-refractivity contribution is 5.20. The van der Waals surface area contributed by atoms with Gasteiger partial charge in [0.2, 0.25) is 0 Å². The van der Waals surface area contributed by atoms with Gasteiger partial charge in [0.05, 0.1) is 0 Å². The summed E-state index contributed by atoms with van der Waals surface area (Å²) in [4.78, 5) is 2.74. The van der Waals surface area contributed by atoms with Crippen molar-refractivity contribution in [2.45, 2.75) is 64.6 Å². The number of nitrogens with zero attached hydrogens (tertiary/aromatic N) is 1. The smallest absolute Gasteiger partial charge is 0.0475 e. The van der Waals surface area contributed by atoms with E-state index in [0.717, 1.165) is 12.6 Å². The molecular formula is C18H30N2. The molecule has 1 aromatic carbocycles. The predicted octanol–water partition coefficient (Wildman–Crippen LogP) is 3.99. The zero-order chi connectivity index (χ0) is 14.4. The monoisotopic (exact) mass is 274 g/mol. The third kappa shape index (κ3) is 3.62. The van der Waals surface area contributed by atoms with E-state index in [2.05, 4.69) is 61.3 Å². The molecule has 2 rings (SSSR count). The van der Waals surface area contributed by atoms with Crippen molar-refractivity contribution >= 4 is 0 Å². The Kier molecular flexibility index (Phi) is 6.06. The number of hydrogen-bond donors (Lipinski definition) is 1. The van der Waals surface area contributed by atoms with Crippen molar-refractivity contribution in [3.05, 3.63) is 35.9 Å². The fraction of sp³-hybridized carbons (Fsp3) is 0.667. The lowest BCUT2D eigenvalue weighted by Gasteiger charge is -2.43. The minimum absolute atomic E-state index is 0.438. The third-order valence-corrected chi connectivity index (χ3v) is 4.73. The van der Waals surface area contributed by atoms with Crippen molar-refractivity contribution in [2.75, 3.05) is 13.1 Å². The lowest BCUT2D eigenvalue weighted by molar-refractivity contribution is 0.0787. The van der Waals surface area contributed by atoms with Crippen LogP contribution in [-0.4, -0.2) is 30.1 Å². The van der Waals surface area contributed by atoms with E-state index >= 15 is 0 Å². The van der Waals surface area contributed by atoms with Crippen molar-refractivity contribution in [2.24, 2.45) is 0 Å². The number of benzene rings is 1. The first-order valence-electron chi connectivity index (χ1n) is 8.32. The molecule has 20 heavy (non-hydrogen) atoms. The molecule has 1 saturated heterocycles. The van der Waals surface area contributed by atoms with Gasteiger partial charge in [-0.3, -0.25) is 4.90 Å². The molecule has 2 nitrogen and oxygen atoms in total. The van der Waals surface area contributed by atoms with Gasteiger partial charge in [-0.1, -0.05) is 50.6 Å². The van der Waals surface area contributed by atoms with Crippen molar-refractivity contribution in [1.29, 1.82) is 0 Å². The Balaban J connectivity index is 2.15. The Bertz CT molecular complexity index is 376. The van der Waals surface area contributed by atoms with Gasteiger partial charge in [-0.2, -0.15) is 0 Å². The number of nitrogens with one attached hydrogen (secondary N) is 1. The van der Waals surface area contributed by atoms with Crippen LogP contribution in [0.1, 0.15) is 58.1 Å². The molecule has 0 amide bonds. The second-order valence-electron chi connectivity index (χ2n) is 5.98.